The number of aromatic nitrogens is 1. The highest BCUT2D eigenvalue weighted by Gasteiger charge is 2.41. The molecule has 0 unspecified atom stereocenters. The molecule has 37 heavy (non-hydrogen) atoms. The average Bonchev–Trinajstić information content (AvgIpc) is 2.79. The largest absolute Gasteiger partial charge is 0.465 e. The molecule has 9 heteroatoms. The molecule has 1 aromatic heterocycles. The number of ether oxygens (including phenoxy) is 1. The smallest absolute Gasteiger partial charge is 0.434 e. The van der Waals surface area contributed by atoms with Crippen molar-refractivity contribution in [2.24, 2.45) is 5.92 Å². The molecule has 3 rings (SSSR count). The molecule has 0 bridgehead atoms. The summed E-state index contributed by atoms with van der Waals surface area (Å²) in [6.07, 6.45) is -6.33. The normalized spacial score (nSPS) is 16.7. The summed E-state index contributed by atoms with van der Waals surface area (Å²) in [6.45, 7) is 12.2. The van der Waals surface area contributed by atoms with E-state index in [-0.39, 0.29) is 39.4 Å². The van der Waals surface area contributed by atoms with Crippen molar-refractivity contribution < 1.29 is 31.5 Å². The molecule has 0 saturated heterocycles. The molecule has 1 aliphatic rings. The zero-order valence-corrected chi connectivity index (χ0v) is 23.1. The second kappa shape index (κ2) is 10.5. The predicted octanol–water partition coefficient (Wildman–Crippen LogP) is 8.66. The van der Waals surface area contributed by atoms with E-state index in [4.69, 9.17) is 4.74 Å². The summed E-state index contributed by atoms with van der Waals surface area (Å²) in [4.78, 5) is 15.5. The van der Waals surface area contributed by atoms with Crippen LogP contribution >= 0.6 is 11.8 Å². The number of benzene rings is 1. The van der Waals surface area contributed by atoms with Gasteiger partial charge in [-0.2, -0.15) is 13.2 Å². The minimum absolute atomic E-state index is 0.00511. The number of hydrogen-bond acceptors (Lipinski definition) is 4. The Morgan fingerprint density at radius 1 is 1.08 bits per heavy atom. The maximum Gasteiger partial charge on any atom is 0.434 e. The fourth-order valence-electron chi connectivity index (χ4n) is 4.96. The van der Waals surface area contributed by atoms with Crippen molar-refractivity contribution in [2.75, 3.05) is 7.11 Å². The first kappa shape index (κ1) is 29.4. The van der Waals surface area contributed by atoms with Crippen LogP contribution in [0.4, 0.5) is 22.0 Å². The van der Waals surface area contributed by atoms with Gasteiger partial charge in [-0.05, 0) is 58.3 Å². The van der Waals surface area contributed by atoms with Gasteiger partial charge in [0.05, 0.1) is 12.7 Å². The number of carbonyl (C=O) groups is 1. The molecule has 0 radical (unpaired) electrons. The first-order valence-corrected chi connectivity index (χ1v) is 13.2. The standard InChI is InChI=1S/C28H34F5NO2S/c1-15(2)12-17-20(25(35)36-7)21(24(29)30)34-23(28(31,32)33)22(17)37-14-16-8-9-18-19(13-16)27(5,6)11-10-26(18,3)4/h8-9,13,15,24H,10-12,14H2,1-7H3. The lowest BCUT2D eigenvalue weighted by Gasteiger charge is -2.42. The Kier molecular flexibility index (Phi) is 8.38. The molecule has 1 heterocycles. The summed E-state index contributed by atoms with van der Waals surface area (Å²) in [6, 6.07) is 6.00. The van der Waals surface area contributed by atoms with E-state index in [1.54, 1.807) is 13.8 Å². The number of pyridine rings is 1. The van der Waals surface area contributed by atoms with Crippen molar-refractivity contribution in [1.82, 2.24) is 4.98 Å². The molecule has 0 amide bonds. The first-order valence-electron chi connectivity index (χ1n) is 12.3. The van der Waals surface area contributed by atoms with Gasteiger partial charge in [0.25, 0.3) is 6.43 Å². The third-order valence-electron chi connectivity index (χ3n) is 7.06. The molecule has 1 aromatic carbocycles. The number of fused-ring (bicyclic) bond motifs is 1. The van der Waals surface area contributed by atoms with Gasteiger partial charge < -0.3 is 4.74 Å². The summed E-state index contributed by atoms with van der Waals surface area (Å²) in [5, 5.41) is 0. The molecule has 1 aliphatic carbocycles. The fraction of sp³-hybridized carbons (Fsp3) is 0.571. The van der Waals surface area contributed by atoms with E-state index in [0.717, 1.165) is 37.3 Å². The van der Waals surface area contributed by atoms with E-state index >= 15 is 0 Å². The van der Waals surface area contributed by atoms with Crippen LogP contribution in [0.25, 0.3) is 0 Å². The molecule has 2 aromatic rings. The summed E-state index contributed by atoms with van der Waals surface area (Å²) >= 11 is 0.874. The Bertz CT molecular complexity index is 1170. The van der Waals surface area contributed by atoms with E-state index in [2.05, 4.69) is 32.7 Å². The van der Waals surface area contributed by atoms with E-state index in [1.165, 1.54) is 11.1 Å². The predicted molar refractivity (Wildman–Crippen MR) is 135 cm³/mol. The van der Waals surface area contributed by atoms with Gasteiger partial charge in [-0.3, -0.25) is 0 Å². The quantitative estimate of drug-likeness (QED) is 0.199. The van der Waals surface area contributed by atoms with Crippen molar-refractivity contribution in [3.8, 4) is 0 Å². The van der Waals surface area contributed by atoms with E-state index in [9.17, 15) is 26.7 Å². The van der Waals surface area contributed by atoms with Crippen molar-refractivity contribution in [2.45, 2.75) is 94.9 Å². The minimum atomic E-state index is -4.98. The second-order valence-electron chi connectivity index (χ2n) is 11.4. The Morgan fingerprint density at radius 3 is 2.19 bits per heavy atom. The molecular weight excluding hydrogens is 509 g/mol. The zero-order valence-electron chi connectivity index (χ0n) is 22.3. The van der Waals surface area contributed by atoms with Crippen LogP contribution in [0.2, 0.25) is 0 Å². The molecule has 0 saturated carbocycles. The second-order valence-corrected chi connectivity index (χ2v) is 12.3. The van der Waals surface area contributed by atoms with Gasteiger partial charge in [0.2, 0.25) is 0 Å². The van der Waals surface area contributed by atoms with E-state index in [1.807, 2.05) is 18.2 Å². The highest BCUT2D eigenvalue weighted by Crippen LogP contribution is 2.47. The van der Waals surface area contributed by atoms with Gasteiger partial charge in [0.15, 0.2) is 5.69 Å². The van der Waals surface area contributed by atoms with Crippen LogP contribution in [-0.4, -0.2) is 18.1 Å². The van der Waals surface area contributed by atoms with Crippen LogP contribution in [0.15, 0.2) is 23.1 Å². The lowest BCUT2D eigenvalue weighted by Crippen LogP contribution is -2.33. The van der Waals surface area contributed by atoms with Gasteiger partial charge in [-0.1, -0.05) is 59.7 Å². The molecule has 0 atom stereocenters. The van der Waals surface area contributed by atoms with Crippen molar-refractivity contribution in [3.05, 3.63) is 57.4 Å². The number of thioether (sulfide) groups is 1. The van der Waals surface area contributed by atoms with Crippen LogP contribution in [0.1, 0.15) is 105 Å². The molecule has 204 valence electrons. The SMILES string of the molecule is COC(=O)c1c(C(F)F)nc(C(F)(F)F)c(SCc2ccc3c(c2)C(C)(C)CCC3(C)C)c1CC(C)C. The van der Waals surface area contributed by atoms with Crippen LogP contribution in [0.3, 0.4) is 0 Å². The van der Waals surface area contributed by atoms with Gasteiger partial charge in [0, 0.05) is 10.6 Å². The Labute approximate surface area is 219 Å². The first-order chi connectivity index (χ1) is 17.0. The number of rotatable bonds is 7. The lowest BCUT2D eigenvalue weighted by molar-refractivity contribution is -0.143. The number of nitrogens with zero attached hydrogens (tertiary/aromatic N) is 1. The minimum Gasteiger partial charge on any atom is -0.465 e. The molecule has 0 spiro atoms. The summed E-state index contributed by atoms with van der Waals surface area (Å²) in [5.41, 5.74) is -0.132. The number of methoxy groups -OCH3 is 1. The number of esters is 1. The monoisotopic (exact) mass is 543 g/mol. The number of alkyl halides is 5. The third kappa shape index (κ3) is 6.13. The molecule has 0 aliphatic heterocycles. The number of carbonyl (C=O) groups excluding carboxylic acids is 1. The van der Waals surface area contributed by atoms with Gasteiger partial charge in [-0.25, -0.2) is 18.6 Å². The Morgan fingerprint density at radius 2 is 1.68 bits per heavy atom. The Hall–Kier alpha value is -2.16. The average molecular weight is 544 g/mol. The topological polar surface area (TPSA) is 39.2 Å². The summed E-state index contributed by atoms with van der Waals surface area (Å²) in [5.74, 6) is -1.16. The van der Waals surface area contributed by atoms with E-state index in [0.29, 0.717) is 0 Å². The summed E-state index contributed by atoms with van der Waals surface area (Å²) < 4.78 is 74.8. The van der Waals surface area contributed by atoms with Crippen molar-refractivity contribution in [1.29, 1.82) is 0 Å². The van der Waals surface area contributed by atoms with Crippen LogP contribution < -0.4 is 0 Å². The van der Waals surface area contributed by atoms with Gasteiger partial charge in [0.1, 0.15) is 5.69 Å². The van der Waals surface area contributed by atoms with Crippen LogP contribution in [0, 0.1) is 5.92 Å². The van der Waals surface area contributed by atoms with Gasteiger partial charge in [-0.15, -0.1) is 11.8 Å². The number of hydrogen-bond donors (Lipinski definition) is 0. The lowest BCUT2D eigenvalue weighted by atomic mass is 9.63. The Balaban J connectivity index is 2.17. The molecular formula is C28H34F5NO2S. The maximum atomic E-state index is 14.1. The highest BCUT2D eigenvalue weighted by molar-refractivity contribution is 7.98. The van der Waals surface area contributed by atoms with Crippen molar-refractivity contribution in [3.63, 3.8) is 0 Å². The molecule has 3 nitrogen and oxygen atoms in total. The van der Waals surface area contributed by atoms with Gasteiger partial charge >= 0.3 is 12.1 Å². The molecule has 0 fully saturated rings. The highest BCUT2D eigenvalue weighted by atomic mass is 32.2. The zero-order chi connectivity index (χ0) is 27.9. The fourth-order valence-corrected chi connectivity index (χ4v) is 6.11. The maximum absolute atomic E-state index is 14.1. The number of halogens is 5. The van der Waals surface area contributed by atoms with Crippen LogP contribution in [0.5, 0.6) is 0 Å². The van der Waals surface area contributed by atoms with Crippen molar-refractivity contribution >= 4 is 17.7 Å². The van der Waals surface area contributed by atoms with E-state index < -0.39 is 35.5 Å². The molecule has 0 N–H and O–H groups in total. The third-order valence-corrected chi connectivity index (χ3v) is 8.26. The van der Waals surface area contributed by atoms with Crippen LogP contribution in [-0.2, 0) is 33.9 Å². The summed E-state index contributed by atoms with van der Waals surface area (Å²) in [7, 11) is 1.01.